The summed E-state index contributed by atoms with van der Waals surface area (Å²) in [6.45, 7) is 5.36. The lowest BCUT2D eigenvalue weighted by Crippen LogP contribution is -2.53. The highest BCUT2D eigenvalue weighted by Gasteiger charge is 2.61. The lowest BCUT2D eigenvalue weighted by atomic mass is 9.67. The van der Waals surface area contributed by atoms with Gasteiger partial charge in [0.1, 0.15) is 5.60 Å². The summed E-state index contributed by atoms with van der Waals surface area (Å²) in [5, 5.41) is 2.91. The molecule has 0 saturated heterocycles. The van der Waals surface area contributed by atoms with Crippen LogP contribution in [-0.4, -0.2) is 43.9 Å². The molecule has 1 aromatic rings. The highest BCUT2D eigenvalue weighted by atomic mass is 16.6. The van der Waals surface area contributed by atoms with Crippen molar-refractivity contribution in [3.05, 3.63) is 35.4 Å². The van der Waals surface area contributed by atoms with Crippen molar-refractivity contribution >= 4 is 18.0 Å². The van der Waals surface area contributed by atoms with E-state index >= 15 is 0 Å². The molecule has 164 valence electrons. The molecule has 2 aliphatic carbocycles. The van der Waals surface area contributed by atoms with Crippen molar-refractivity contribution < 1.29 is 28.6 Å². The van der Waals surface area contributed by atoms with Crippen LogP contribution in [0.5, 0.6) is 0 Å². The molecule has 7 nitrogen and oxygen atoms in total. The SMILES string of the molecule is COC(=O)C(CC1CC1)(C(=O)OC)[C@@H]1c2ccccc2C[C@H]1NC(=O)OC(C)(C)C. The molecule has 0 aromatic heterocycles. The standard InChI is InChI=1S/C23H31NO6/c1-22(2,3)30-21(27)24-17-12-15-8-6-7-9-16(15)18(17)23(19(25)28-4,20(26)29-5)13-14-10-11-14/h6-9,14,17-18H,10-13H2,1-5H3,(H,24,27)/t17-,18-/m1/s1. The summed E-state index contributed by atoms with van der Waals surface area (Å²) in [4.78, 5) is 39.0. The Morgan fingerprint density at radius 2 is 1.63 bits per heavy atom. The van der Waals surface area contributed by atoms with Gasteiger partial charge in [-0.25, -0.2) is 4.79 Å². The average Bonchev–Trinajstić information content (AvgIpc) is 3.42. The first-order valence-corrected chi connectivity index (χ1v) is 10.4. The maximum atomic E-state index is 13.2. The number of carbonyl (C=O) groups excluding carboxylic acids is 3. The van der Waals surface area contributed by atoms with Crippen LogP contribution in [0.2, 0.25) is 0 Å². The number of carbonyl (C=O) groups is 3. The minimum atomic E-state index is -1.53. The van der Waals surface area contributed by atoms with Crippen LogP contribution in [0.25, 0.3) is 0 Å². The van der Waals surface area contributed by atoms with Crippen LogP contribution in [0.1, 0.15) is 57.1 Å². The number of amides is 1. The predicted molar refractivity (Wildman–Crippen MR) is 110 cm³/mol. The van der Waals surface area contributed by atoms with Crippen molar-refractivity contribution in [2.75, 3.05) is 14.2 Å². The quantitative estimate of drug-likeness (QED) is 0.434. The van der Waals surface area contributed by atoms with E-state index in [1.807, 2.05) is 24.3 Å². The molecule has 3 rings (SSSR count). The van der Waals surface area contributed by atoms with E-state index in [0.29, 0.717) is 12.8 Å². The van der Waals surface area contributed by atoms with Crippen LogP contribution < -0.4 is 5.32 Å². The van der Waals surface area contributed by atoms with Gasteiger partial charge in [-0.05, 0) is 50.7 Å². The zero-order valence-electron chi connectivity index (χ0n) is 18.3. The van der Waals surface area contributed by atoms with E-state index in [1.54, 1.807) is 20.8 Å². The fourth-order valence-electron chi connectivity index (χ4n) is 4.57. The normalized spacial score (nSPS) is 20.8. The summed E-state index contributed by atoms with van der Waals surface area (Å²) in [5.41, 5.74) is -0.357. The summed E-state index contributed by atoms with van der Waals surface area (Å²) in [7, 11) is 2.56. The molecule has 1 amide bonds. The van der Waals surface area contributed by atoms with Gasteiger partial charge in [-0.1, -0.05) is 37.1 Å². The lowest BCUT2D eigenvalue weighted by Gasteiger charge is -2.38. The number of alkyl carbamates (subject to hydrolysis) is 1. The molecule has 0 radical (unpaired) electrons. The summed E-state index contributed by atoms with van der Waals surface area (Å²) in [6.07, 6.45) is 2.14. The topological polar surface area (TPSA) is 90.9 Å². The number of fused-ring (bicyclic) bond motifs is 1. The van der Waals surface area contributed by atoms with Crippen molar-refractivity contribution in [2.45, 2.75) is 64.0 Å². The van der Waals surface area contributed by atoms with Gasteiger partial charge in [0, 0.05) is 12.0 Å². The van der Waals surface area contributed by atoms with Crippen molar-refractivity contribution in [1.82, 2.24) is 5.32 Å². The maximum absolute atomic E-state index is 13.2. The summed E-state index contributed by atoms with van der Waals surface area (Å²) in [5.74, 6) is -1.61. The van der Waals surface area contributed by atoms with Crippen LogP contribution >= 0.6 is 0 Å². The van der Waals surface area contributed by atoms with Gasteiger partial charge in [-0.3, -0.25) is 9.59 Å². The van der Waals surface area contributed by atoms with Crippen LogP contribution in [0.3, 0.4) is 0 Å². The molecule has 1 aromatic carbocycles. The minimum Gasteiger partial charge on any atom is -0.468 e. The van der Waals surface area contributed by atoms with E-state index in [9.17, 15) is 14.4 Å². The second-order valence-corrected chi connectivity index (χ2v) is 9.24. The Morgan fingerprint density at radius 1 is 1.03 bits per heavy atom. The van der Waals surface area contributed by atoms with Crippen molar-refractivity contribution in [3.8, 4) is 0 Å². The summed E-state index contributed by atoms with van der Waals surface area (Å²) < 4.78 is 15.7. The van der Waals surface area contributed by atoms with E-state index in [2.05, 4.69) is 5.32 Å². The lowest BCUT2D eigenvalue weighted by molar-refractivity contribution is -0.173. The monoisotopic (exact) mass is 417 g/mol. The molecule has 1 fully saturated rings. The van der Waals surface area contributed by atoms with Crippen molar-refractivity contribution in [1.29, 1.82) is 0 Å². The fourth-order valence-corrected chi connectivity index (χ4v) is 4.57. The largest absolute Gasteiger partial charge is 0.468 e. The Labute approximate surface area is 177 Å². The van der Waals surface area contributed by atoms with E-state index in [0.717, 1.165) is 24.0 Å². The Balaban J connectivity index is 2.07. The van der Waals surface area contributed by atoms with Gasteiger partial charge < -0.3 is 19.5 Å². The number of nitrogens with one attached hydrogen (secondary N) is 1. The number of rotatable bonds is 6. The Kier molecular flexibility index (Phi) is 6.11. The van der Waals surface area contributed by atoms with Gasteiger partial charge in [0.25, 0.3) is 0 Å². The van der Waals surface area contributed by atoms with Crippen LogP contribution in [-0.2, 0) is 30.2 Å². The van der Waals surface area contributed by atoms with Gasteiger partial charge in [-0.15, -0.1) is 0 Å². The van der Waals surface area contributed by atoms with Crippen LogP contribution in [0.15, 0.2) is 24.3 Å². The molecule has 2 aliphatic rings. The molecule has 2 atom stereocenters. The molecular weight excluding hydrogens is 386 g/mol. The second kappa shape index (κ2) is 8.28. The molecule has 7 heteroatoms. The number of hydrogen-bond acceptors (Lipinski definition) is 6. The zero-order chi connectivity index (χ0) is 22.1. The zero-order valence-corrected chi connectivity index (χ0v) is 18.3. The predicted octanol–water partition coefficient (Wildman–Crippen LogP) is 3.35. The van der Waals surface area contributed by atoms with Gasteiger partial charge in [0.15, 0.2) is 5.41 Å². The molecule has 0 aliphatic heterocycles. The summed E-state index contributed by atoms with van der Waals surface area (Å²) >= 11 is 0. The van der Waals surface area contributed by atoms with E-state index in [4.69, 9.17) is 14.2 Å². The van der Waals surface area contributed by atoms with Crippen LogP contribution in [0.4, 0.5) is 4.79 Å². The Hall–Kier alpha value is -2.57. The number of benzene rings is 1. The molecule has 1 N–H and O–H groups in total. The first kappa shape index (κ1) is 22.1. The highest BCUT2D eigenvalue weighted by molar-refractivity contribution is 6.01. The number of esters is 2. The van der Waals surface area contributed by atoms with Crippen molar-refractivity contribution in [3.63, 3.8) is 0 Å². The first-order valence-electron chi connectivity index (χ1n) is 10.4. The average molecular weight is 418 g/mol. The van der Waals surface area contributed by atoms with Gasteiger partial charge >= 0.3 is 18.0 Å². The summed E-state index contributed by atoms with van der Waals surface area (Å²) in [6, 6.07) is 7.14. The Morgan fingerprint density at radius 3 is 2.17 bits per heavy atom. The molecule has 0 unspecified atom stereocenters. The highest BCUT2D eigenvalue weighted by Crippen LogP contribution is 2.53. The maximum Gasteiger partial charge on any atom is 0.407 e. The van der Waals surface area contributed by atoms with Crippen LogP contribution in [0, 0.1) is 11.3 Å². The smallest absolute Gasteiger partial charge is 0.407 e. The van der Waals surface area contributed by atoms with E-state index < -0.39 is 41.0 Å². The molecule has 1 saturated carbocycles. The molecule has 0 spiro atoms. The third-order valence-corrected chi connectivity index (χ3v) is 5.87. The van der Waals surface area contributed by atoms with Gasteiger partial charge in [0.05, 0.1) is 14.2 Å². The fraction of sp³-hybridized carbons (Fsp3) is 0.609. The van der Waals surface area contributed by atoms with Crippen molar-refractivity contribution in [2.24, 2.45) is 11.3 Å². The van der Waals surface area contributed by atoms with Gasteiger partial charge in [-0.2, -0.15) is 0 Å². The number of ether oxygens (including phenoxy) is 3. The Bertz CT molecular complexity index is 807. The third-order valence-electron chi connectivity index (χ3n) is 5.87. The van der Waals surface area contributed by atoms with E-state index in [-0.39, 0.29) is 5.92 Å². The number of hydrogen-bond donors (Lipinski definition) is 1. The molecule has 30 heavy (non-hydrogen) atoms. The van der Waals surface area contributed by atoms with Gasteiger partial charge in [0.2, 0.25) is 0 Å². The second-order valence-electron chi connectivity index (χ2n) is 9.24. The molecule has 0 heterocycles. The minimum absolute atomic E-state index is 0.248. The third kappa shape index (κ3) is 4.30. The number of methoxy groups -OCH3 is 2. The van der Waals surface area contributed by atoms with E-state index in [1.165, 1.54) is 14.2 Å². The molecular formula is C23H31NO6. The molecule has 0 bridgehead atoms. The first-order chi connectivity index (χ1) is 14.1.